The first-order valence-corrected chi connectivity index (χ1v) is 6.29. The summed E-state index contributed by atoms with van der Waals surface area (Å²) in [6.07, 6.45) is 0.975. The molecule has 1 aromatic rings. The smallest absolute Gasteiger partial charge is 0.249 e. The molecule has 0 aromatic heterocycles. The molecule has 2 rings (SSSR count). The maximum atomic E-state index is 12.3. The van der Waals surface area contributed by atoms with Gasteiger partial charge in [0.05, 0.1) is 0 Å². The highest BCUT2D eigenvalue weighted by Gasteiger charge is 2.29. The van der Waals surface area contributed by atoms with E-state index >= 15 is 0 Å². The maximum absolute atomic E-state index is 12.3. The molecule has 1 aliphatic rings. The van der Waals surface area contributed by atoms with Crippen LogP contribution in [0, 0.1) is 6.92 Å². The number of nitrogens with zero attached hydrogens (tertiary/aromatic N) is 1. The number of hydrogen-bond acceptors (Lipinski definition) is 2. The Hall–Kier alpha value is -1.84. The predicted molar refractivity (Wildman–Crippen MR) is 70.4 cm³/mol. The minimum absolute atomic E-state index is 0.0195. The molecule has 1 N–H and O–H groups in total. The second-order valence-corrected chi connectivity index (χ2v) is 4.61. The van der Waals surface area contributed by atoms with Crippen LogP contribution in [0.15, 0.2) is 24.3 Å². The minimum atomic E-state index is -0.402. The molecule has 0 saturated carbocycles. The van der Waals surface area contributed by atoms with Gasteiger partial charge < -0.3 is 10.2 Å². The van der Waals surface area contributed by atoms with E-state index in [1.807, 2.05) is 38.1 Å². The molecule has 0 aliphatic carbocycles. The van der Waals surface area contributed by atoms with E-state index in [2.05, 4.69) is 5.32 Å². The fourth-order valence-corrected chi connectivity index (χ4v) is 2.17. The molecule has 18 heavy (non-hydrogen) atoms. The normalized spacial score (nSPS) is 20.6. The van der Waals surface area contributed by atoms with Gasteiger partial charge in [0, 0.05) is 18.7 Å². The van der Waals surface area contributed by atoms with Crippen LogP contribution in [0.1, 0.15) is 25.3 Å². The van der Waals surface area contributed by atoms with Gasteiger partial charge in [-0.2, -0.15) is 0 Å². The monoisotopic (exact) mass is 246 g/mol. The summed E-state index contributed by atoms with van der Waals surface area (Å²) in [7, 11) is 0. The molecule has 1 fully saturated rings. The fraction of sp³-hybridized carbons (Fsp3) is 0.429. The summed E-state index contributed by atoms with van der Waals surface area (Å²) >= 11 is 0. The summed E-state index contributed by atoms with van der Waals surface area (Å²) in [6.45, 7) is 4.35. The van der Waals surface area contributed by atoms with Gasteiger partial charge in [-0.05, 0) is 31.0 Å². The van der Waals surface area contributed by atoms with Gasteiger partial charge in [0.1, 0.15) is 6.04 Å². The van der Waals surface area contributed by atoms with E-state index in [1.54, 1.807) is 4.90 Å². The van der Waals surface area contributed by atoms with E-state index in [1.165, 1.54) is 0 Å². The number of anilines is 1. The molecular weight excluding hydrogens is 228 g/mol. The number of aryl methyl sites for hydroxylation is 1. The number of benzene rings is 1. The van der Waals surface area contributed by atoms with E-state index in [-0.39, 0.29) is 11.8 Å². The first-order valence-electron chi connectivity index (χ1n) is 6.29. The number of hydrogen-bond donors (Lipinski definition) is 1. The van der Waals surface area contributed by atoms with Gasteiger partial charge in [-0.15, -0.1) is 0 Å². The van der Waals surface area contributed by atoms with E-state index in [4.69, 9.17) is 0 Å². The molecule has 1 saturated heterocycles. The Morgan fingerprint density at radius 3 is 2.83 bits per heavy atom. The molecule has 0 radical (unpaired) electrons. The summed E-state index contributed by atoms with van der Waals surface area (Å²) < 4.78 is 0. The average Bonchev–Trinajstić information content (AvgIpc) is 2.49. The first kappa shape index (κ1) is 12.6. The van der Waals surface area contributed by atoms with Crippen molar-refractivity contribution in [2.24, 2.45) is 0 Å². The Bertz CT molecular complexity index is 471. The van der Waals surface area contributed by atoms with E-state index < -0.39 is 6.04 Å². The number of nitrogens with one attached hydrogen (secondary N) is 1. The van der Waals surface area contributed by atoms with Gasteiger partial charge >= 0.3 is 0 Å². The number of amides is 2. The lowest BCUT2D eigenvalue weighted by Gasteiger charge is -2.23. The molecule has 2 amide bonds. The van der Waals surface area contributed by atoms with Crippen LogP contribution in [0.25, 0.3) is 0 Å². The van der Waals surface area contributed by atoms with Crippen LogP contribution in [-0.2, 0) is 9.59 Å². The average molecular weight is 246 g/mol. The molecule has 0 bridgehead atoms. The molecule has 1 unspecified atom stereocenters. The highest BCUT2D eigenvalue weighted by Crippen LogP contribution is 2.19. The summed E-state index contributed by atoms with van der Waals surface area (Å²) in [5.41, 5.74) is 1.98. The van der Waals surface area contributed by atoms with Crippen LogP contribution in [0.3, 0.4) is 0 Å². The lowest BCUT2D eigenvalue weighted by molar-refractivity contribution is -0.125. The second-order valence-electron chi connectivity index (χ2n) is 4.61. The molecule has 1 atom stereocenters. The van der Waals surface area contributed by atoms with Crippen molar-refractivity contribution in [1.29, 1.82) is 0 Å². The van der Waals surface area contributed by atoms with Gasteiger partial charge in [-0.25, -0.2) is 0 Å². The molecule has 0 spiro atoms. The van der Waals surface area contributed by atoms with Crippen LogP contribution in [-0.4, -0.2) is 24.4 Å². The molecule has 96 valence electrons. The predicted octanol–water partition coefficient (Wildman–Crippen LogP) is 1.63. The Labute approximate surface area is 107 Å². The highest BCUT2D eigenvalue weighted by molar-refractivity contribution is 6.01. The minimum Gasteiger partial charge on any atom is -0.344 e. The topological polar surface area (TPSA) is 49.4 Å². The third-order valence-electron chi connectivity index (χ3n) is 3.18. The zero-order valence-electron chi connectivity index (χ0n) is 10.8. The quantitative estimate of drug-likeness (QED) is 0.862. The summed E-state index contributed by atoms with van der Waals surface area (Å²) in [5, 5.41) is 2.76. The zero-order chi connectivity index (χ0) is 13.1. The molecule has 1 aliphatic heterocycles. The van der Waals surface area contributed by atoms with Crippen molar-refractivity contribution in [3.8, 4) is 0 Å². The lowest BCUT2D eigenvalue weighted by Crippen LogP contribution is -2.44. The van der Waals surface area contributed by atoms with E-state index in [9.17, 15) is 9.59 Å². The van der Waals surface area contributed by atoms with Gasteiger partial charge in [-0.3, -0.25) is 9.59 Å². The van der Waals surface area contributed by atoms with E-state index in [0.717, 1.165) is 11.3 Å². The van der Waals surface area contributed by atoms with Gasteiger partial charge in [-0.1, -0.05) is 19.1 Å². The first-order chi connectivity index (χ1) is 8.61. The lowest BCUT2D eigenvalue weighted by atomic mass is 10.1. The number of carbonyl (C=O) groups excluding carboxylic acids is 2. The van der Waals surface area contributed by atoms with Crippen LogP contribution in [0.2, 0.25) is 0 Å². The van der Waals surface area contributed by atoms with Crippen LogP contribution < -0.4 is 10.2 Å². The summed E-state index contributed by atoms with van der Waals surface area (Å²) in [4.78, 5) is 25.6. The zero-order valence-corrected chi connectivity index (χ0v) is 10.8. The number of rotatable bonds is 2. The van der Waals surface area contributed by atoms with Crippen molar-refractivity contribution < 1.29 is 9.59 Å². The van der Waals surface area contributed by atoms with Crippen molar-refractivity contribution in [2.75, 3.05) is 11.4 Å². The molecule has 1 aromatic carbocycles. The summed E-state index contributed by atoms with van der Waals surface area (Å²) in [5.74, 6) is -0.0701. The van der Waals surface area contributed by atoms with Crippen molar-refractivity contribution in [3.63, 3.8) is 0 Å². The Balaban J connectivity index is 2.30. The molecule has 4 nitrogen and oxygen atoms in total. The van der Waals surface area contributed by atoms with E-state index in [0.29, 0.717) is 19.4 Å². The summed E-state index contributed by atoms with van der Waals surface area (Å²) in [6, 6.07) is 7.40. The van der Waals surface area contributed by atoms with Gasteiger partial charge in [0.15, 0.2) is 0 Å². The Kier molecular flexibility index (Phi) is 3.65. The van der Waals surface area contributed by atoms with Crippen LogP contribution in [0.4, 0.5) is 5.69 Å². The van der Waals surface area contributed by atoms with Gasteiger partial charge in [0.2, 0.25) is 11.8 Å². The molecule has 4 heteroatoms. The maximum Gasteiger partial charge on any atom is 0.249 e. The largest absolute Gasteiger partial charge is 0.344 e. The second kappa shape index (κ2) is 5.21. The molecular formula is C14H18N2O2. The van der Waals surface area contributed by atoms with Crippen molar-refractivity contribution >= 4 is 17.5 Å². The highest BCUT2D eigenvalue weighted by atomic mass is 16.2. The van der Waals surface area contributed by atoms with Crippen molar-refractivity contribution in [3.05, 3.63) is 29.8 Å². The number of carbonyl (C=O) groups is 2. The third kappa shape index (κ3) is 2.53. The van der Waals surface area contributed by atoms with Crippen molar-refractivity contribution in [1.82, 2.24) is 5.32 Å². The standard InChI is InChI=1S/C14H18N2O2/c1-3-12-14(18)16(8-7-13(17)15-12)11-6-4-5-10(2)9-11/h4-6,9,12H,3,7-8H2,1-2H3,(H,15,17). The van der Waals surface area contributed by atoms with Crippen molar-refractivity contribution in [2.45, 2.75) is 32.7 Å². The SMILES string of the molecule is CCC1NC(=O)CCN(c2cccc(C)c2)C1=O. The van der Waals surface area contributed by atoms with Crippen LogP contribution >= 0.6 is 0 Å². The fourth-order valence-electron chi connectivity index (χ4n) is 2.17. The van der Waals surface area contributed by atoms with Gasteiger partial charge in [0.25, 0.3) is 0 Å². The third-order valence-corrected chi connectivity index (χ3v) is 3.18. The molecule has 1 heterocycles. The van der Waals surface area contributed by atoms with Crippen LogP contribution in [0.5, 0.6) is 0 Å². The Morgan fingerprint density at radius 2 is 2.17 bits per heavy atom. The Morgan fingerprint density at radius 1 is 1.39 bits per heavy atom.